The first-order valence-electron chi connectivity index (χ1n) is 8.71. The molecule has 148 valence electrons. The van der Waals surface area contributed by atoms with Gasteiger partial charge in [0.15, 0.2) is 17.0 Å². The molecule has 2 heterocycles. The van der Waals surface area contributed by atoms with Crippen LogP contribution in [0.2, 0.25) is 5.02 Å². The van der Waals surface area contributed by atoms with E-state index in [1.165, 1.54) is 4.90 Å². The van der Waals surface area contributed by atoms with Gasteiger partial charge in [-0.2, -0.15) is 4.98 Å². The van der Waals surface area contributed by atoms with Gasteiger partial charge in [0, 0.05) is 18.6 Å². The smallest absolute Gasteiger partial charge is 0.410 e. The van der Waals surface area contributed by atoms with Crippen LogP contribution in [0.3, 0.4) is 0 Å². The third-order valence-electron chi connectivity index (χ3n) is 3.83. The van der Waals surface area contributed by atoms with E-state index in [1.54, 1.807) is 44.8 Å². The molecule has 3 aromatic rings. The largest absolute Gasteiger partial charge is 0.492 e. The number of aromatic hydroxyl groups is 1. The van der Waals surface area contributed by atoms with E-state index in [0.717, 1.165) is 5.56 Å². The first-order chi connectivity index (χ1) is 13.1. The van der Waals surface area contributed by atoms with E-state index >= 15 is 0 Å². The van der Waals surface area contributed by atoms with Gasteiger partial charge in [-0.05, 0) is 38.5 Å². The Balaban J connectivity index is 1.81. The van der Waals surface area contributed by atoms with Crippen LogP contribution in [-0.4, -0.2) is 48.3 Å². The van der Waals surface area contributed by atoms with Crippen LogP contribution < -0.4 is 0 Å². The molecule has 2 aromatic heterocycles. The second-order valence-corrected chi connectivity index (χ2v) is 7.91. The van der Waals surface area contributed by atoms with Crippen LogP contribution in [0.4, 0.5) is 4.79 Å². The van der Waals surface area contributed by atoms with Gasteiger partial charge in [-0.25, -0.2) is 14.8 Å². The van der Waals surface area contributed by atoms with Gasteiger partial charge in [0.05, 0.1) is 12.9 Å². The molecular weight excluding hydrogens is 382 g/mol. The molecule has 3 rings (SSSR count). The van der Waals surface area contributed by atoms with E-state index in [4.69, 9.17) is 16.3 Å². The number of carbonyl (C=O) groups excluding carboxylic acids is 1. The van der Waals surface area contributed by atoms with E-state index in [2.05, 4.69) is 15.0 Å². The third kappa shape index (κ3) is 4.69. The molecule has 0 bridgehead atoms. The summed E-state index contributed by atoms with van der Waals surface area (Å²) in [5.74, 6) is 0.0727. The lowest BCUT2D eigenvalue weighted by Crippen LogP contribution is -2.34. The highest BCUT2D eigenvalue weighted by molar-refractivity contribution is 6.30. The number of ether oxygens (including phenoxy) is 1. The Morgan fingerprint density at radius 2 is 2.07 bits per heavy atom. The molecule has 1 aromatic carbocycles. The molecule has 8 nitrogen and oxygen atoms in total. The van der Waals surface area contributed by atoms with Crippen molar-refractivity contribution in [1.82, 2.24) is 24.4 Å². The maximum Gasteiger partial charge on any atom is 0.410 e. The zero-order chi connectivity index (χ0) is 20.5. The molecule has 1 amide bonds. The Labute approximate surface area is 167 Å². The summed E-state index contributed by atoms with van der Waals surface area (Å²) in [6.45, 7) is 5.92. The first kappa shape index (κ1) is 19.9. The molecule has 0 unspecified atom stereocenters. The first-order valence-corrected chi connectivity index (χ1v) is 9.09. The molecule has 0 aliphatic carbocycles. The Bertz CT molecular complexity index is 1010. The number of hydrogen-bond donors (Lipinski definition) is 1. The number of hydrogen-bond acceptors (Lipinski definition) is 6. The number of rotatable bonds is 4. The summed E-state index contributed by atoms with van der Waals surface area (Å²) in [7, 11) is 1.58. The molecule has 0 spiro atoms. The summed E-state index contributed by atoms with van der Waals surface area (Å²) in [4.78, 5) is 26.2. The van der Waals surface area contributed by atoms with Gasteiger partial charge in [0.1, 0.15) is 5.60 Å². The average molecular weight is 404 g/mol. The van der Waals surface area contributed by atoms with Crippen molar-refractivity contribution in [2.24, 2.45) is 0 Å². The SMILES string of the molecule is CN(Cc1nc(O)c2c(ncn2Cc2cccc(Cl)c2)n1)C(=O)OC(C)(C)C. The van der Waals surface area contributed by atoms with Crippen LogP contribution in [0.25, 0.3) is 11.2 Å². The number of imidazole rings is 1. The number of benzene rings is 1. The summed E-state index contributed by atoms with van der Waals surface area (Å²) >= 11 is 6.03. The molecule has 1 N–H and O–H groups in total. The summed E-state index contributed by atoms with van der Waals surface area (Å²) in [5.41, 5.74) is 1.13. The number of fused-ring (bicyclic) bond motifs is 1. The predicted molar refractivity (Wildman–Crippen MR) is 105 cm³/mol. The van der Waals surface area contributed by atoms with Crippen LogP contribution in [0.1, 0.15) is 32.2 Å². The quantitative estimate of drug-likeness (QED) is 0.715. The van der Waals surface area contributed by atoms with Gasteiger partial charge in [0.25, 0.3) is 0 Å². The Kier molecular flexibility index (Phi) is 5.42. The zero-order valence-corrected chi connectivity index (χ0v) is 16.9. The van der Waals surface area contributed by atoms with Crippen LogP contribution in [0.5, 0.6) is 5.88 Å². The van der Waals surface area contributed by atoms with Crippen molar-refractivity contribution >= 4 is 28.9 Å². The standard InChI is InChI=1S/C19H22ClN5O3/c1-19(2,3)28-18(27)24(4)10-14-22-16-15(17(26)23-14)25(11-21-16)9-12-6-5-7-13(20)8-12/h5-8,11H,9-10H2,1-4H3,(H,22,23,26). The summed E-state index contributed by atoms with van der Waals surface area (Å²) in [6.07, 6.45) is 1.09. The van der Waals surface area contributed by atoms with Crippen molar-refractivity contribution in [2.45, 2.75) is 39.5 Å². The van der Waals surface area contributed by atoms with Crippen LogP contribution in [0, 0.1) is 0 Å². The maximum atomic E-state index is 12.1. The molecule has 0 radical (unpaired) electrons. The van der Waals surface area contributed by atoms with E-state index in [-0.39, 0.29) is 18.2 Å². The van der Waals surface area contributed by atoms with Crippen molar-refractivity contribution in [3.63, 3.8) is 0 Å². The highest BCUT2D eigenvalue weighted by Gasteiger charge is 2.21. The summed E-state index contributed by atoms with van der Waals surface area (Å²) in [5, 5.41) is 11.1. The van der Waals surface area contributed by atoms with E-state index in [9.17, 15) is 9.90 Å². The fourth-order valence-electron chi connectivity index (χ4n) is 2.64. The van der Waals surface area contributed by atoms with Gasteiger partial charge in [-0.3, -0.25) is 0 Å². The minimum atomic E-state index is -0.600. The van der Waals surface area contributed by atoms with Crippen molar-refractivity contribution in [1.29, 1.82) is 0 Å². The highest BCUT2D eigenvalue weighted by atomic mass is 35.5. The molecule has 0 saturated carbocycles. The molecule has 0 aliphatic rings. The summed E-state index contributed by atoms with van der Waals surface area (Å²) in [6, 6.07) is 7.43. The van der Waals surface area contributed by atoms with Gasteiger partial charge in [0.2, 0.25) is 5.88 Å². The predicted octanol–water partition coefficient (Wildman–Crippen LogP) is 3.60. The minimum Gasteiger partial charge on any atom is -0.492 e. The number of amides is 1. The second kappa shape index (κ2) is 7.63. The topological polar surface area (TPSA) is 93.4 Å². The Hall–Kier alpha value is -2.87. The van der Waals surface area contributed by atoms with Crippen molar-refractivity contribution < 1.29 is 14.6 Å². The van der Waals surface area contributed by atoms with E-state index in [1.807, 2.05) is 18.2 Å². The average Bonchev–Trinajstić information content (AvgIpc) is 2.96. The molecule has 0 atom stereocenters. The molecule has 9 heteroatoms. The van der Waals surface area contributed by atoms with Gasteiger partial charge in [-0.15, -0.1) is 0 Å². The van der Waals surface area contributed by atoms with E-state index in [0.29, 0.717) is 22.7 Å². The van der Waals surface area contributed by atoms with Crippen molar-refractivity contribution in [2.75, 3.05) is 7.05 Å². The van der Waals surface area contributed by atoms with Crippen molar-refractivity contribution in [3.05, 3.63) is 47.0 Å². The molecule has 28 heavy (non-hydrogen) atoms. The Morgan fingerprint density at radius 1 is 1.32 bits per heavy atom. The van der Waals surface area contributed by atoms with Crippen LogP contribution >= 0.6 is 11.6 Å². The normalized spacial score (nSPS) is 11.6. The lowest BCUT2D eigenvalue weighted by Gasteiger charge is -2.24. The van der Waals surface area contributed by atoms with Crippen molar-refractivity contribution in [3.8, 4) is 5.88 Å². The number of carbonyl (C=O) groups is 1. The molecule has 0 fully saturated rings. The Morgan fingerprint density at radius 3 is 2.75 bits per heavy atom. The minimum absolute atomic E-state index is 0.0829. The summed E-state index contributed by atoms with van der Waals surface area (Å²) < 4.78 is 7.06. The zero-order valence-electron chi connectivity index (χ0n) is 16.2. The number of nitrogens with zero attached hydrogens (tertiary/aromatic N) is 5. The molecular formula is C19H22ClN5O3. The fraction of sp³-hybridized carbons (Fsp3) is 0.368. The monoisotopic (exact) mass is 403 g/mol. The van der Waals surface area contributed by atoms with Gasteiger partial charge >= 0.3 is 6.09 Å². The lowest BCUT2D eigenvalue weighted by atomic mass is 10.2. The maximum absolute atomic E-state index is 12.1. The van der Waals surface area contributed by atoms with Crippen LogP contribution in [0.15, 0.2) is 30.6 Å². The number of aromatic nitrogens is 4. The fourth-order valence-corrected chi connectivity index (χ4v) is 2.86. The van der Waals surface area contributed by atoms with E-state index < -0.39 is 11.7 Å². The lowest BCUT2D eigenvalue weighted by molar-refractivity contribution is 0.0280. The van der Waals surface area contributed by atoms with Crippen LogP contribution in [-0.2, 0) is 17.8 Å². The van der Waals surface area contributed by atoms with Gasteiger partial charge in [-0.1, -0.05) is 23.7 Å². The number of halogens is 1. The highest BCUT2D eigenvalue weighted by Crippen LogP contribution is 2.23. The molecule has 0 saturated heterocycles. The molecule has 0 aliphatic heterocycles. The van der Waals surface area contributed by atoms with Gasteiger partial charge < -0.3 is 19.3 Å². The second-order valence-electron chi connectivity index (χ2n) is 7.47. The third-order valence-corrected chi connectivity index (χ3v) is 4.06.